The average Bonchev–Trinajstić information content (AvgIpc) is 2.24. The molecule has 0 bridgehead atoms. The fraction of sp³-hybridized carbons (Fsp3) is 0.333. The maximum atomic E-state index is 11.2. The second-order valence-corrected chi connectivity index (χ2v) is 4.83. The maximum Gasteiger partial charge on any atom is 0.352 e. The van der Waals surface area contributed by atoms with Gasteiger partial charge in [-0.15, -0.1) is 0 Å². The van der Waals surface area contributed by atoms with Gasteiger partial charge in [-0.1, -0.05) is 0 Å². The Morgan fingerprint density at radius 1 is 1.20 bits per heavy atom. The lowest BCUT2D eigenvalue weighted by Gasteiger charge is -2.04. The van der Waals surface area contributed by atoms with Crippen molar-refractivity contribution < 1.29 is 31.4 Å². The molecule has 0 aliphatic rings. The molecule has 0 aromatic heterocycles. The molecule has 0 N–H and O–H groups in total. The summed E-state index contributed by atoms with van der Waals surface area (Å²) in [5.74, 6) is -2.17. The molecule has 0 amide bonds. The topological polar surface area (TPSA) is 96.0 Å². The van der Waals surface area contributed by atoms with Crippen LogP contribution in [-0.2, 0) is 33.1 Å². The Morgan fingerprint density at radius 2 is 1.73 bits per heavy atom. The van der Waals surface area contributed by atoms with E-state index in [2.05, 4.69) is 13.3 Å². The number of carbonyl (C=O) groups excluding carboxylic acids is 2. The fourth-order valence-corrected chi connectivity index (χ4v) is 1.84. The van der Waals surface area contributed by atoms with Gasteiger partial charge < -0.3 is 13.3 Å². The summed E-state index contributed by atoms with van der Waals surface area (Å²) in [6.45, 7) is 0. The molecule has 0 radical (unpaired) electrons. The van der Waals surface area contributed by atoms with Crippen LogP contribution in [0.4, 0.5) is 0 Å². The lowest BCUT2D eigenvalue weighted by Crippen LogP contribution is -2.18. The monoisotopic (exact) mass is 254 g/mol. The third-order valence-corrected chi connectivity index (χ3v) is 3.90. The van der Waals surface area contributed by atoms with Crippen molar-refractivity contribution in [2.75, 3.05) is 14.2 Å². The molecule has 0 aliphatic heterocycles. The molecule has 0 atom stereocenters. The van der Waals surface area contributed by atoms with Crippen LogP contribution >= 0.6 is 0 Å². The average molecular weight is 254 g/mol. The number of ether oxygens (including phenoxy) is 2. The predicted molar refractivity (Wildman–Crippen MR) is 52.1 cm³/mol. The summed E-state index contributed by atoms with van der Waals surface area (Å²) in [6, 6.07) is 0. The second kappa shape index (κ2) is 5.63. The molecular weight excluding hydrogens is 244 g/mol. The van der Waals surface area contributed by atoms with Crippen LogP contribution in [0.15, 0.2) is 11.0 Å². The highest BCUT2D eigenvalue weighted by Gasteiger charge is 2.26. The minimum Gasteiger partial charge on any atom is -0.466 e. The molecule has 0 unspecified atom stereocenters. The van der Waals surface area contributed by atoms with Crippen LogP contribution in [0.25, 0.3) is 0 Å². The molecule has 0 aliphatic carbocycles. The van der Waals surface area contributed by atoms with Gasteiger partial charge in [-0.05, 0) is 0 Å². The van der Waals surface area contributed by atoms with Crippen LogP contribution in [0, 0.1) is 0 Å². The molecule has 0 heterocycles. The van der Waals surface area contributed by atoms with Crippen LogP contribution in [0.2, 0.25) is 0 Å². The molecule has 9 heteroatoms. The van der Waals surface area contributed by atoms with E-state index in [-0.39, 0.29) is 10.5 Å². The predicted octanol–water partition coefficient (Wildman–Crippen LogP) is -2.16. The van der Waals surface area contributed by atoms with Crippen molar-refractivity contribution in [2.24, 2.45) is 0 Å². The summed E-state index contributed by atoms with van der Waals surface area (Å²) < 4.78 is 34.9. The van der Waals surface area contributed by atoms with Crippen LogP contribution in [-0.4, -0.2) is 45.1 Å². The molecule has 86 valence electrons. The normalized spacial score (nSPS) is 12.3. The van der Waals surface area contributed by atoms with Crippen molar-refractivity contribution in [3.8, 4) is 0 Å². The Balaban J connectivity index is 5.36. The van der Waals surface area contributed by atoms with E-state index in [0.29, 0.717) is 6.08 Å². The minimum absolute atomic E-state index is 0.143. The molecule has 0 aromatic carbocycles. The summed E-state index contributed by atoms with van der Waals surface area (Å²) in [6.07, 6.45) is 0.499. The van der Waals surface area contributed by atoms with Crippen LogP contribution in [0.1, 0.15) is 0 Å². The summed E-state index contributed by atoms with van der Waals surface area (Å²) in [5.41, 5.74) is 0. The SMILES string of the molecule is COC(=O)/C=C(/C(=O)OC)S(=O)(=O)O[SiH3]. The van der Waals surface area contributed by atoms with Gasteiger partial charge in [0, 0.05) is 0 Å². The molecule has 0 spiro atoms. The van der Waals surface area contributed by atoms with Crippen molar-refractivity contribution in [2.45, 2.75) is 0 Å². The Morgan fingerprint density at radius 3 is 2.07 bits per heavy atom. The van der Waals surface area contributed by atoms with Gasteiger partial charge in [-0.25, -0.2) is 9.59 Å². The van der Waals surface area contributed by atoms with E-state index in [9.17, 15) is 18.0 Å². The van der Waals surface area contributed by atoms with Crippen LogP contribution in [0.3, 0.4) is 0 Å². The molecule has 0 fully saturated rings. The van der Waals surface area contributed by atoms with Gasteiger partial charge in [-0.3, -0.25) is 0 Å². The van der Waals surface area contributed by atoms with E-state index in [4.69, 9.17) is 0 Å². The molecule has 0 saturated carbocycles. The highest BCUT2D eigenvalue weighted by atomic mass is 32.2. The van der Waals surface area contributed by atoms with Crippen molar-refractivity contribution in [1.29, 1.82) is 0 Å². The summed E-state index contributed by atoms with van der Waals surface area (Å²) in [5, 5.41) is 0. The number of hydrogen-bond acceptors (Lipinski definition) is 7. The highest BCUT2D eigenvalue weighted by Crippen LogP contribution is 2.09. The lowest BCUT2D eigenvalue weighted by atomic mass is 10.5. The largest absolute Gasteiger partial charge is 0.466 e. The van der Waals surface area contributed by atoms with Gasteiger partial charge in [0.05, 0.1) is 20.3 Å². The molecular formula is C6H10O7SSi. The van der Waals surface area contributed by atoms with Gasteiger partial charge in [-0.2, -0.15) is 8.42 Å². The van der Waals surface area contributed by atoms with E-state index in [0.717, 1.165) is 14.2 Å². The van der Waals surface area contributed by atoms with Crippen LogP contribution < -0.4 is 0 Å². The van der Waals surface area contributed by atoms with Gasteiger partial charge in [0.1, 0.15) is 0 Å². The standard InChI is InChI=1S/C6H10O7SSi/c1-11-5(7)3-4(6(8)12-2)14(9,10)13-15/h3H,1-2,15H3/b4-3-. The van der Waals surface area contributed by atoms with Crippen molar-refractivity contribution in [1.82, 2.24) is 0 Å². The summed E-state index contributed by atoms with van der Waals surface area (Å²) in [4.78, 5) is 20.9. The quantitative estimate of drug-likeness (QED) is 0.320. The minimum atomic E-state index is -4.23. The van der Waals surface area contributed by atoms with E-state index in [1.54, 1.807) is 0 Å². The zero-order chi connectivity index (χ0) is 12.1. The molecule has 0 rings (SSSR count). The number of rotatable bonds is 4. The lowest BCUT2D eigenvalue weighted by molar-refractivity contribution is -0.137. The Bertz CT molecular complexity index is 382. The second-order valence-electron chi connectivity index (χ2n) is 2.14. The van der Waals surface area contributed by atoms with Gasteiger partial charge in [0.15, 0.2) is 15.4 Å². The first-order valence-electron chi connectivity index (χ1n) is 3.57. The summed E-state index contributed by atoms with van der Waals surface area (Å²) in [7, 11) is -2.35. The molecule has 7 nitrogen and oxygen atoms in total. The third-order valence-electron chi connectivity index (χ3n) is 1.33. The van der Waals surface area contributed by atoms with E-state index < -0.39 is 27.0 Å². The van der Waals surface area contributed by atoms with E-state index in [1.165, 1.54) is 0 Å². The molecule has 0 saturated heterocycles. The number of esters is 2. The highest BCUT2D eigenvalue weighted by molar-refractivity contribution is 7.92. The van der Waals surface area contributed by atoms with E-state index in [1.807, 2.05) is 0 Å². The molecule has 15 heavy (non-hydrogen) atoms. The smallest absolute Gasteiger partial charge is 0.352 e. The first-order chi connectivity index (χ1) is 6.88. The van der Waals surface area contributed by atoms with Crippen molar-refractivity contribution in [3.63, 3.8) is 0 Å². The van der Waals surface area contributed by atoms with Crippen molar-refractivity contribution in [3.05, 3.63) is 11.0 Å². The van der Waals surface area contributed by atoms with Gasteiger partial charge in [0.2, 0.25) is 0 Å². The van der Waals surface area contributed by atoms with Gasteiger partial charge >= 0.3 is 11.9 Å². The third kappa shape index (κ3) is 3.81. The first kappa shape index (κ1) is 13.8. The van der Waals surface area contributed by atoms with Crippen LogP contribution in [0.5, 0.6) is 0 Å². The number of hydrogen-bond donors (Lipinski definition) is 0. The fourth-order valence-electron chi connectivity index (χ4n) is 0.589. The Kier molecular flexibility index (Phi) is 5.18. The number of carbonyl (C=O) groups is 2. The number of methoxy groups -OCH3 is 2. The van der Waals surface area contributed by atoms with E-state index >= 15 is 0 Å². The van der Waals surface area contributed by atoms with Crippen molar-refractivity contribution >= 4 is 32.5 Å². The molecule has 0 aromatic rings. The zero-order valence-corrected chi connectivity index (χ0v) is 11.2. The summed E-state index contributed by atoms with van der Waals surface area (Å²) >= 11 is 0. The Labute approximate surface area is 89.7 Å². The zero-order valence-electron chi connectivity index (χ0n) is 8.34. The Hall–Kier alpha value is -1.19. The maximum absolute atomic E-state index is 11.2. The first-order valence-corrected chi connectivity index (χ1v) is 5.80. The van der Waals surface area contributed by atoms with Gasteiger partial charge in [0.25, 0.3) is 10.1 Å².